The molecule has 4 aliphatic carbocycles. The van der Waals surface area contributed by atoms with Crippen LogP contribution in [0.5, 0.6) is 0 Å². The van der Waals surface area contributed by atoms with Crippen LogP contribution in [0.25, 0.3) is 0 Å². The van der Waals surface area contributed by atoms with Gasteiger partial charge in [-0.1, -0.05) is 0 Å². The van der Waals surface area contributed by atoms with Crippen LogP contribution < -0.4 is 16.2 Å². The molecule has 7 heteroatoms. The maximum Gasteiger partial charge on any atom is 0.263 e. The molecular formula is C20H28N4O3. The molecule has 0 spiro atoms. The van der Waals surface area contributed by atoms with E-state index in [-0.39, 0.29) is 16.9 Å². The Bertz CT molecular complexity index is 780. The van der Waals surface area contributed by atoms with Gasteiger partial charge in [-0.2, -0.15) is 0 Å². The summed E-state index contributed by atoms with van der Waals surface area (Å²) in [6.07, 6.45) is 8.64. The van der Waals surface area contributed by atoms with E-state index in [9.17, 15) is 14.4 Å². The summed E-state index contributed by atoms with van der Waals surface area (Å²) in [5.74, 6) is 2.16. The highest BCUT2D eigenvalue weighted by molar-refractivity contribution is 5.96. The Morgan fingerprint density at radius 2 is 1.81 bits per heavy atom. The molecule has 4 fully saturated rings. The molecule has 1 atom stereocenters. The summed E-state index contributed by atoms with van der Waals surface area (Å²) in [5.41, 5.74) is -0.479. The van der Waals surface area contributed by atoms with E-state index in [2.05, 4.69) is 20.6 Å². The second-order valence-electron chi connectivity index (χ2n) is 8.76. The molecule has 1 aromatic rings. The number of hydrogen-bond donors (Lipinski definition) is 3. The predicted octanol–water partition coefficient (Wildman–Crippen LogP) is 1.49. The van der Waals surface area contributed by atoms with Crippen LogP contribution in [-0.4, -0.2) is 34.4 Å². The number of aromatic nitrogens is 2. The summed E-state index contributed by atoms with van der Waals surface area (Å²) in [4.78, 5) is 44.2. The van der Waals surface area contributed by atoms with Crippen molar-refractivity contribution in [2.75, 3.05) is 6.54 Å². The van der Waals surface area contributed by atoms with E-state index in [0.29, 0.717) is 6.54 Å². The molecule has 0 aliphatic heterocycles. The van der Waals surface area contributed by atoms with Crippen molar-refractivity contribution in [1.29, 1.82) is 0 Å². The SMILES string of the molecule is CCNC(=O)[C@@H](C)NC(=O)c1cnc(C23CC4CC(CC(C4)C2)C3)[nH]c1=O. The van der Waals surface area contributed by atoms with Crippen molar-refractivity contribution in [3.8, 4) is 0 Å². The highest BCUT2D eigenvalue weighted by Gasteiger charge is 2.52. The summed E-state index contributed by atoms with van der Waals surface area (Å²) < 4.78 is 0. The van der Waals surface area contributed by atoms with Gasteiger partial charge in [-0.15, -0.1) is 0 Å². The normalized spacial score (nSPS) is 32.1. The summed E-state index contributed by atoms with van der Waals surface area (Å²) in [6, 6.07) is -0.709. The molecule has 0 radical (unpaired) electrons. The third-order valence-corrected chi connectivity index (χ3v) is 6.68. The van der Waals surface area contributed by atoms with E-state index in [1.165, 1.54) is 25.5 Å². The fraction of sp³-hybridized carbons (Fsp3) is 0.700. The molecule has 4 saturated carbocycles. The first kappa shape index (κ1) is 18.2. The lowest BCUT2D eigenvalue weighted by Gasteiger charge is -2.56. The van der Waals surface area contributed by atoms with Gasteiger partial charge in [0.05, 0.1) is 0 Å². The maximum absolute atomic E-state index is 12.6. The molecule has 7 nitrogen and oxygen atoms in total. The van der Waals surface area contributed by atoms with Crippen LogP contribution in [0.3, 0.4) is 0 Å². The zero-order valence-corrected chi connectivity index (χ0v) is 16.0. The monoisotopic (exact) mass is 372 g/mol. The lowest BCUT2D eigenvalue weighted by Crippen LogP contribution is -2.50. The Morgan fingerprint density at radius 1 is 1.22 bits per heavy atom. The van der Waals surface area contributed by atoms with Crippen molar-refractivity contribution in [3.05, 3.63) is 27.9 Å². The second-order valence-corrected chi connectivity index (χ2v) is 8.76. The van der Waals surface area contributed by atoms with E-state index < -0.39 is 17.5 Å². The Hall–Kier alpha value is -2.18. The molecule has 4 bridgehead atoms. The Morgan fingerprint density at radius 3 is 2.33 bits per heavy atom. The third kappa shape index (κ3) is 3.28. The molecular weight excluding hydrogens is 344 g/mol. The fourth-order valence-electron chi connectivity index (χ4n) is 5.89. The van der Waals surface area contributed by atoms with Crippen LogP contribution in [0.4, 0.5) is 0 Å². The molecule has 0 unspecified atom stereocenters. The van der Waals surface area contributed by atoms with Crippen molar-refractivity contribution < 1.29 is 9.59 Å². The molecule has 146 valence electrons. The number of rotatable bonds is 5. The zero-order valence-electron chi connectivity index (χ0n) is 16.0. The molecule has 27 heavy (non-hydrogen) atoms. The molecule has 2 amide bonds. The van der Waals surface area contributed by atoms with Crippen LogP contribution in [0.1, 0.15) is 68.6 Å². The van der Waals surface area contributed by atoms with Crippen LogP contribution in [-0.2, 0) is 10.2 Å². The number of aromatic amines is 1. The maximum atomic E-state index is 12.6. The van der Waals surface area contributed by atoms with Gasteiger partial charge in [0, 0.05) is 18.2 Å². The fourth-order valence-corrected chi connectivity index (χ4v) is 5.89. The number of H-pyrrole nitrogens is 1. The standard InChI is InChI=1S/C20H28N4O3/c1-3-21-16(25)11(2)23-17(26)15-10-22-19(24-18(15)27)20-7-12-4-13(8-20)6-14(5-12)9-20/h10-14H,3-9H2,1-2H3,(H,21,25)(H,23,26)(H,22,24,27)/t11-,12?,13?,14?,20?/m1/s1. The number of nitrogens with one attached hydrogen (secondary N) is 3. The van der Waals surface area contributed by atoms with Crippen LogP contribution in [0.2, 0.25) is 0 Å². The van der Waals surface area contributed by atoms with E-state index in [4.69, 9.17) is 0 Å². The average Bonchev–Trinajstić information content (AvgIpc) is 2.60. The minimum Gasteiger partial charge on any atom is -0.355 e. The molecule has 5 rings (SSSR count). The van der Waals surface area contributed by atoms with Gasteiger partial charge in [0.1, 0.15) is 17.4 Å². The average molecular weight is 372 g/mol. The Balaban J connectivity index is 1.52. The molecule has 3 N–H and O–H groups in total. The first-order chi connectivity index (χ1) is 12.9. The second kappa shape index (κ2) is 6.77. The summed E-state index contributed by atoms with van der Waals surface area (Å²) in [5, 5.41) is 5.21. The molecule has 4 aliphatic rings. The van der Waals surface area contributed by atoms with Crippen molar-refractivity contribution in [2.24, 2.45) is 17.8 Å². The highest BCUT2D eigenvalue weighted by atomic mass is 16.2. The van der Waals surface area contributed by atoms with Crippen LogP contribution >= 0.6 is 0 Å². The minimum atomic E-state index is -0.709. The lowest BCUT2D eigenvalue weighted by molar-refractivity contribution is -0.122. The molecule has 0 saturated heterocycles. The number of carbonyl (C=O) groups excluding carboxylic acids is 2. The Kier molecular flexibility index (Phi) is 4.56. The third-order valence-electron chi connectivity index (χ3n) is 6.68. The molecule has 1 aromatic heterocycles. The first-order valence-corrected chi connectivity index (χ1v) is 10.1. The van der Waals surface area contributed by atoms with Gasteiger partial charge in [0.15, 0.2) is 0 Å². The number of carbonyl (C=O) groups is 2. The number of nitrogens with zero attached hydrogens (tertiary/aromatic N) is 1. The van der Waals surface area contributed by atoms with Gasteiger partial charge in [-0.3, -0.25) is 14.4 Å². The summed E-state index contributed by atoms with van der Waals surface area (Å²) in [7, 11) is 0. The highest BCUT2D eigenvalue weighted by Crippen LogP contribution is 2.59. The summed E-state index contributed by atoms with van der Waals surface area (Å²) >= 11 is 0. The van der Waals surface area contributed by atoms with E-state index in [1.807, 2.05) is 6.92 Å². The van der Waals surface area contributed by atoms with Gasteiger partial charge in [0.2, 0.25) is 5.91 Å². The van der Waals surface area contributed by atoms with E-state index in [1.54, 1.807) is 6.92 Å². The van der Waals surface area contributed by atoms with E-state index in [0.717, 1.165) is 42.8 Å². The number of hydrogen-bond acceptors (Lipinski definition) is 4. The molecule has 1 heterocycles. The minimum absolute atomic E-state index is 0.0166. The van der Waals surface area contributed by atoms with Crippen molar-refractivity contribution in [3.63, 3.8) is 0 Å². The first-order valence-electron chi connectivity index (χ1n) is 10.1. The van der Waals surface area contributed by atoms with Gasteiger partial charge in [0.25, 0.3) is 11.5 Å². The number of amides is 2. The van der Waals surface area contributed by atoms with Gasteiger partial charge < -0.3 is 15.6 Å². The summed E-state index contributed by atoms with van der Waals surface area (Å²) in [6.45, 7) is 3.89. The lowest BCUT2D eigenvalue weighted by atomic mass is 9.49. The van der Waals surface area contributed by atoms with Crippen molar-refractivity contribution in [1.82, 2.24) is 20.6 Å². The van der Waals surface area contributed by atoms with Crippen molar-refractivity contribution in [2.45, 2.75) is 63.8 Å². The van der Waals surface area contributed by atoms with Gasteiger partial charge in [-0.05, 0) is 70.1 Å². The quantitative estimate of drug-likeness (QED) is 0.728. The predicted molar refractivity (Wildman–Crippen MR) is 100 cm³/mol. The van der Waals surface area contributed by atoms with Gasteiger partial charge in [-0.25, -0.2) is 4.98 Å². The van der Waals surface area contributed by atoms with Gasteiger partial charge >= 0.3 is 0 Å². The van der Waals surface area contributed by atoms with Crippen LogP contribution in [0.15, 0.2) is 11.0 Å². The zero-order chi connectivity index (χ0) is 19.2. The Labute approximate surface area is 158 Å². The van der Waals surface area contributed by atoms with E-state index >= 15 is 0 Å². The smallest absolute Gasteiger partial charge is 0.263 e. The largest absolute Gasteiger partial charge is 0.355 e. The number of likely N-dealkylation sites (N-methyl/N-ethyl adjacent to an activating group) is 1. The topological polar surface area (TPSA) is 104 Å². The van der Waals surface area contributed by atoms with Crippen LogP contribution in [0, 0.1) is 17.8 Å². The molecule has 0 aromatic carbocycles. The van der Waals surface area contributed by atoms with Crippen molar-refractivity contribution >= 4 is 11.8 Å².